The maximum absolute atomic E-state index is 13.1. The summed E-state index contributed by atoms with van der Waals surface area (Å²) in [5.74, 6) is 1.37. The van der Waals surface area contributed by atoms with Crippen molar-refractivity contribution in [3.8, 4) is 11.5 Å². The van der Waals surface area contributed by atoms with Gasteiger partial charge in [-0.15, -0.1) is 0 Å². The Morgan fingerprint density at radius 1 is 1.35 bits per heavy atom. The average molecular weight is 358 g/mol. The highest BCUT2D eigenvalue weighted by molar-refractivity contribution is 5.84. The number of piperidine rings is 1. The van der Waals surface area contributed by atoms with Crippen molar-refractivity contribution in [2.45, 2.75) is 31.8 Å². The van der Waals surface area contributed by atoms with E-state index in [4.69, 9.17) is 9.47 Å². The van der Waals surface area contributed by atoms with Crippen LogP contribution in [0.5, 0.6) is 11.5 Å². The van der Waals surface area contributed by atoms with Crippen molar-refractivity contribution in [1.29, 1.82) is 0 Å². The van der Waals surface area contributed by atoms with E-state index in [1.165, 1.54) is 0 Å². The monoisotopic (exact) mass is 358 g/mol. The Morgan fingerprint density at radius 2 is 2.15 bits per heavy atom. The second-order valence-corrected chi connectivity index (χ2v) is 6.33. The molecule has 0 aliphatic carbocycles. The van der Waals surface area contributed by atoms with Crippen molar-refractivity contribution in [1.82, 2.24) is 20.4 Å². The quantitative estimate of drug-likeness (QED) is 0.788. The number of hydrogen-bond acceptors (Lipinski definition) is 5. The van der Waals surface area contributed by atoms with Crippen molar-refractivity contribution in [2.75, 3.05) is 26.8 Å². The zero-order chi connectivity index (χ0) is 18.4. The summed E-state index contributed by atoms with van der Waals surface area (Å²) in [5.41, 5.74) is 0.330. The number of carbonyl (C=O) groups excluding carboxylic acids is 1. The third kappa shape index (κ3) is 3.67. The van der Waals surface area contributed by atoms with Crippen molar-refractivity contribution >= 4 is 5.91 Å². The summed E-state index contributed by atoms with van der Waals surface area (Å²) in [7, 11) is 1.62. The first-order valence-electron chi connectivity index (χ1n) is 8.98. The molecule has 0 bridgehead atoms. The molecule has 1 amide bonds. The molecule has 1 aliphatic rings. The van der Waals surface area contributed by atoms with E-state index in [9.17, 15) is 4.79 Å². The van der Waals surface area contributed by atoms with Crippen LogP contribution in [0.2, 0.25) is 0 Å². The molecule has 2 N–H and O–H groups in total. The predicted molar refractivity (Wildman–Crippen MR) is 98.3 cm³/mol. The van der Waals surface area contributed by atoms with Gasteiger partial charge in [0, 0.05) is 18.9 Å². The first-order valence-corrected chi connectivity index (χ1v) is 8.98. The lowest BCUT2D eigenvalue weighted by Crippen LogP contribution is -2.54. The molecule has 1 aromatic carbocycles. The lowest BCUT2D eigenvalue weighted by molar-refractivity contribution is -0.132. The summed E-state index contributed by atoms with van der Waals surface area (Å²) in [4.78, 5) is 13.1. The number of carbonyl (C=O) groups is 1. The van der Waals surface area contributed by atoms with Crippen molar-refractivity contribution in [2.24, 2.45) is 0 Å². The largest absolute Gasteiger partial charge is 0.493 e. The molecule has 1 aliphatic heterocycles. The highest BCUT2D eigenvalue weighted by Crippen LogP contribution is 2.29. The summed E-state index contributed by atoms with van der Waals surface area (Å²) < 4.78 is 12.7. The molecule has 1 fully saturated rings. The lowest BCUT2D eigenvalue weighted by atomic mass is 9.87. The van der Waals surface area contributed by atoms with Crippen LogP contribution >= 0.6 is 0 Å². The van der Waals surface area contributed by atoms with Gasteiger partial charge in [0.25, 0.3) is 0 Å². The van der Waals surface area contributed by atoms with Gasteiger partial charge in [-0.25, -0.2) is 0 Å². The van der Waals surface area contributed by atoms with Crippen molar-refractivity contribution in [3.63, 3.8) is 0 Å². The van der Waals surface area contributed by atoms with Crippen molar-refractivity contribution < 1.29 is 14.3 Å². The predicted octanol–water partition coefficient (Wildman–Crippen LogP) is 1.69. The molecule has 0 atom stereocenters. The standard InChI is InChI=1S/C19H26N4O3/c1-3-26-17-13-15(5-6-16(17)25-2)14-21-18(24)19(7-10-20-11-8-19)23-12-4-9-22-23/h4-6,9,12-13,20H,3,7-8,10-11,14H2,1-2H3,(H,21,24). The van der Waals surface area contributed by atoms with Gasteiger partial charge in [-0.05, 0) is 56.6 Å². The Balaban J connectivity index is 1.74. The number of ether oxygens (including phenoxy) is 2. The maximum atomic E-state index is 13.1. The minimum Gasteiger partial charge on any atom is -0.493 e. The van der Waals surface area contributed by atoms with Gasteiger partial charge >= 0.3 is 0 Å². The van der Waals surface area contributed by atoms with Gasteiger partial charge in [0.2, 0.25) is 5.91 Å². The molecule has 1 saturated heterocycles. The fourth-order valence-electron chi connectivity index (χ4n) is 3.37. The first-order chi connectivity index (χ1) is 12.7. The van der Waals surface area contributed by atoms with Crippen LogP contribution in [0.25, 0.3) is 0 Å². The summed E-state index contributed by atoms with van der Waals surface area (Å²) in [5, 5.41) is 10.7. The van der Waals surface area contributed by atoms with E-state index >= 15 is 0 Å². The van der Waals surface area contributed by atoms with Gasteiger partial charge in [0.1, 0.15) is 5.54 Å². The topological polar surface area (TPSA) is 77.4 Å². The smallest absolute Gasteiger partial charge is 0.248 e. The van der Waals surface area contributed by atoms with E-state index in [0.717, 1.165) is 18.7 Å². The Hall–Kier alpha value is -2.54. The zero-order valence-electron chi connectivity index (χ0n) is 15.3. The third-order valence-corrected chi connectivity index (χ3v) is 4.78. The molecule has 0 spiro atoms. The molecule has 1 aromatic heterocycles. The van der Waals surface area contributed by atoms with E-state index in [2.05, 4.69) is 15.7 Å². The van der Waals surface area contributed by atoms with Crippen LogP contribution in [0, 0.1) is 0 Å². The van der Waals surface area contributed by atoms with Gasteiger partial charge in [0.05, 0.1) is 13.7 Å². The fraction of sp³-hybridized carbons (Fsp3) is 0.474. The normalized spacial score (nSPS) is 16.1. The zero-order valence-corrected chi connectivity index (χ0v) is 15.3. The van der Waals surface area contributed by atoms with E-state index in [0.29, 0.717) is 37.5 Å². The third-order valence-electron chi connectivity index (χ3n) is 4.78. The maximum Gasteiger partial charge on any atom is 0.248 e. The molecule has 0 radical (unpaired) electrons. The second-order valence-electron chi connectivity index (χ2n) is 6.33. The highest BCUT2D eigenvalue weighted by atomic mass is 16.5. The molecule has 7 nitrogen and oxygen atoms in total. The number of hydrogen-bond donors (Lipinski definition) is 2. The summed E-state index contributed by atoms with van der Waals surface area (Å²) in [6, 6.07) is 7.56. The summed E-state index contributed by atoms with van der Waals surface area (Å²) >= 11 is 0. The van der Waals surface area contributed by atoms with E-state index < -0.39 is 5.54 Å². The number of rotatable bonds is 7. The second kappa shape index (κ2) is 8.23. The molecule has 140 valence electrons. The van der Waals surface area contributed by atoms with Gasteiger partial charge in [-0.1, -0.05) is 6.07 Å². The fourth-order valence-corrected chi connectivity index (χ4v) is 3.37. The van der Waals surface area contributed by atoms with E-state index in [1.54, 1.807) is 18.0 Å². The minimum absolute atomic E-state index is 0.00326. The van der Waals surface area contributed by atoms with Crippen LogP contribution in [-0.2, 0) is 16.9 Å². The Morgan fingerprint density at radius 3 is 2.81 bits per heavy atom. The molecule has 2 heterocycles. The van der Waals surface area contributed by atoms with Crippen LogP contribution in [-0.4, -0.2) is 42.5 Å². The molecule has 26 heavy (non-hydrogen) atoms. The number of nitrogens with one attached hydrogen (secondary N) is 2. The average Bonchev–Trinajstić information content (AvgIpc) is 3.22. The Bertz CT molecular complexity index is 724. The summed E-state index contributed by atoms with van der Waals surface area (Å²) in [6.45, 7) is 4.51. The number of amides is 1. The lowest BCUT2D eigenvalue weighted by Gasteiger charge is -2.36. The van der Waals surface area contributed by atoms with E-state index in [1.807, 2.05) is 37.4 Å². The first kappa shape index (κ1) is 18.3. The molecular weight excluding hydrogens is 332 g/mol. The Kier molecular flexibility index (Phi) is 5.78. The molecule has 0 saturated carbocycles. The SMILES string of the molecule is CCOc1cc(CNC(=O)C2(n3cccn3)CCNCC2)ccc1OC. The number of aromatic nitrogens is 2. The minimum atomic E-state index is -0.635. The molecule has 2 aromatic rings. The number of nitrogens with zero attached hydrogens (tertiary/aromatic N) is 2. The number of benzene rings is 1. The van der Waals surface area contributed by atoms with Gasteiger partial charge in [-0.3, -0.25) is 9.48 Å². The van der Waals surface area contributed by atoms with Crippen LogP contribution in [0.1, 0.15) is 25.3 Å². The molecular formula is C19H26N4O3. The number of methoxy groups -OCH3 is 1. The van der Waals surface area contributed by atoms with Gasteiger partial charge in [-0.2, -0.15) is 5.10 Å². The van der Waals surface area contributed by atoms with Crippen LogP contribution < -0.4 is 20.1 Å². The van der Waals surface area contributed by atoms with E-state index in [-0.39, 0.29) is 5.91 Å². The Labute approximate surface area is 153 Å². The van der Waals surface area contributed by atoms with Crippen LogP contribution in [0.3, 0.4) is 0 Å². The molecule has 7 heteroatoms. The summed E-state index contributed by atoms with van der Waals surface area (Å²) in [6.07, 6.45) is 5.01. The van der Waals surface area contributed by atoms with Crippen LogP contribution in [0.15, 0.2) is 36.7 Å². The van der Waals surface area contributed by atoms with Crippen LogP contribution in [0.4, 0.5) is 0 Å². The van der Waals surface area contributed by atoms with Crippen molar-refractivity contribution in [3.05, 3.63) is 42.2 Å². The highest BCUT2D eigenvalue weighted by Gasteiger charge is 2.41. The van der Waals surface area contributed by atoms with Gasteiger partial charge in [0.15, 0.2) is 11.5 Å². The molecule has 3 rings (SSSR count). The van der Waals surface area contributed by atoms with Gasteiger partial charge < -0.3 is 20.1 Å². The molecule has 0 unspecified atom stereocenters.